The first kappa shape index (κ1) is 21.5. The van der Waals surface area contributed by atoms with E-state index in [0.717, 1.165) is 27.9 Å². The molecule has 4 rings (SSSR count). The van der Waals surface area contributed by atoms with E-state index in [1.54, 1.807) is 6.92 Å². The average molecular weight is 447 g/mol. The zero-order chi connectivity index (χ0) is 22.1. The molecule has 1 aliphatic rings. The van der Waals surface area contributed by atoms with Crippen LogP contribution in [0.3, 0.4) is 0 Å². The molecule has 9 heteroatoms. The van der Waals surface area contributed by atoms with E-state index in [0.29, 0.717) is 24.5 Å². The molecule has 0 amide bonds. The number of hydrogen-bond donors (Lipinski definition) is 0. The lowest BCUT2D eigenvalue weighted by Gasteiger charge is -2.24. The molecule has 0 bridgehead atoms. The summed E-state index contributed by atoms with van der Waals surface area (Å²) < 4.78 is 27.7. The van der Waals surface area contributed by atoms with E-state index in [1.165, 1.54) is 0 Å². The van der Waals surface area contributed by atoms with Crippen LogP contribution in [0, 0.1) is 0 Å². The van der Waals surface area contributed by atoms with Crippen molar-refractivity contribution in [3.8, 4) is 0 Å². The minimum Gasteiger partial charge on any atom is -0.338 e. The number of carbonyl (C=O) groups is 1. The smallest absolute Gasteiger partial charge is 0.295 e. The summed E-state index contributed by atoms with van der Waals surface area (Å²) in [5.74, 6) is -0.320. The molecule has 3 heterocycles. The molecule has 164 valence electrons. The maximum absolute atomic E-state index is 13.4. The van der Waals surface area contributed by atoms with Gasteiger partial charge in [0.25, 0.3) is 12.0 Å². The Hall–Kier alpha value is -2.68. The van der Waals surface area contributed by atoms with E-state index >= 15 is 0 Å². The van der Waals surface area contributed by atoms with Crippen LogP contribution in [0.4, 0.5) is 13.9 Å². The van der Waals surface area contributed by atoms with Gasteiger partial charge in [0.2, 0.25) is 0 Å². The second-order valence-corrected chi connectivity index (χ2v) is 8.76. The van der Waals surface area contributed by atoms with E-state index in [1.807, 2.05) is 42.2 Å². The molecule has 0 spiro atoms. The molecule has 1 saturated heterocycles. The van der Waals surface area contributed by atoms with Gasteiger partial charge in [-0.25, -0.2) is 18.7 Å². The summed E-state index contributed by atoms with van der Waals surface area (Å²) in [6.45, 7) is 4.39. The fraction of sp³-hybridized carbons (Fsp3) is 0.455. The number of nitrogens with zero attached hydrogens (tertiary/aromatic N) is 4. The Morgan fingerprint density at radius 2 is 2.00 bits per heavy atom. The van der Waals surface area contributed by atoms with Gasteiger partial charge in [0.15, 0.2) is 27.1 Å². The number of fused-ring (bicyclic) bond motifs is 1. The van der Waals surface area contributed by atoms with Crippen LogP contribution < -0.4 is 10.5 Å². The number of carbonyl (C=O) groups excluding carboxylic acids is 1. The highest BCUT2D eigenvalue weighted by Gasteiger charge is 2.34. The van der Waals surface area contributed by atoms with E-state index in [4.69, 9.17) is 0 Å². The third-order valence-electron chi connectivity index (χ3n) is 5.80. The Labute approximate surface area is 182 Å². The minimum absolute atomic E-state index is 0.0852. The second kappa shape index (κ2) is 8.82. The maximum Gasteiger partial charge on any atom is 0.295 e. The van der Waals surface area contributed by atoms with Crippen molar-refractivity contribution in [2.75, 3.05) is 11.4 Å². The number of ketones is 1. The molecule has 1 aliphatic heterocycles. The van der Waals surface area contributed by atoms with E-state index < -0.39 is 17.8 Å². The number of aromatic nitrogens is 3. The molecule has 0 N–H and O–H groups in total. The molecule has 0 radical (unpaired) electrons. The van der Waals surface area contributed by atoms with Crippen molar-refractivity contribution in [3.63, 3.8) is 0 Å². The lowest BCUT2D eigenvalue weighted by molar-refractivity contribution is -0.120. The quantitative estimate of drug-likeness (QED) is 0.533. The molecule has 6 nitrogen and oxygen atoms in total. The Bertz CT molecular complexity index is 1150. The van der Waals surface area contributed by atoms with Crippen LogP contribution in [0.1, 0.15) is 56.8 Å². The first-order valence-corrected chi connectivity index (χ1v) is 11.3. The monoisotopic (exact) mass is 446 g/mol. The fourth-order valence-corrected chi connectivity index (χ4v) is 5.19. The third kappa shape index (κ3) is 4.11. The number of halogens is 2. The van der Waals surface area contributed by atoms with Gasteiger partial charge >= 0.3 is 0 Å². The van der Waals surface area contributed by atoms with Crippen LogP contribution in [0.25, 0.3) is 10.3 Å². The highest BCUT2D eigenvalue weighted by atomic mass is 32.1. The highest BCUT2D eigenvalue weighted by molar-refractivity contribution is 7.21. The van der Waals surface area contributed by atoms with Crippen molar-refractivity contribution in [3.05, 3.63) is 52.1 Å². The predicted molar refractivity (Wildman–Crippen MR) is 117 cm³/mol. The summed E-state index contributed by atoms with van der Waals surface area (Å²) in [4.78, 5) is 36.3. The molecule has 0 unspecified atom stereocenters. The Morgan fingerprint density at radius 1 is 1.26 bits per heavy atom. The summed E-state index contributed by atoms with van der Waals surface area (Å²) in [6, 6.07) is 9.58. The lowest BCUT2D eigenvalue weighted by Crippen LogP contribution is -2.36. The topological polar surface area (TPSA) is 68.1 Å². The van der Waals surface area contributed by atoms with Crippen molar-refractivity contribution < 1.29 is 13.6 Å². The Kier molecular flexibility index (Phi) is 6.13. The molecule has 1 aromatic carbocycles. The van der Waals surface area contributed by atoms with Gasteiger partial charge in [-0.3, -0.25) is 14.2 Å². The fourth-order valence-electron chi connectivity index (χ4n) is 4.18. The minimum atomic E-state index is -2.84. The van der Waals surface area contributed by atoms with Gasteiger partial charge in [0.1, 0.15) is 0 Å². The predicted octanol–water partition coefficient (Wildman–Crippen LogP) is 4.54. The zero-order valence-electron chi connectivity index (χ0n) is 17.4. The van der Waals surface area contributed by atoms with Gasteiger partial charge in [-0.2, -0.15) is 0 Å². The summed E-state index contributed by atoms with van der Waals surface area (Å²) in [7, 11) is 0. The number of Topliss-reactive ketones (excluding diaryl/α,β-unsaturated/α-hetero) is 1. The number of thiazole rings is 1. The lowest BCUT2D eigenvalue weighted by atomic mass is 9.93. The first-order chi connectivity index (χ1) is 14.9. The van der Waals surface area contributed by atoms with Crippen molar-refractivity contribution in [1.29, 1.82) is 0 Å². The Morgan fingerprint density at radius 3 is 2.68 bits per heavy atom. The summed E-state index contributed by atoms with van der Waals surface area (Å²) in [5, 5.41) is 0.497. The van der Waals surface area contributed by atoms with Gasteiger partial charge < -0.3 is 4.90 Å². The summed E-state index contributed by atoms with van der Waals surface area (Å²) >= 11 is 1.10. The number of benzene rings is 1. The highest BCUT2D eigenvalue weighted by Crippen LogP contribution is 2.34. The van der Waals surface area contributed by atoms with Gasteiger partial charge in [-0.05, 0) is 31.2 Å². The van der Waals surface area contributed by atoms with Crippen LogP contribution in [0.5, 0.6) is 0 Å². The van der Waals surface area contributed by atoms with Crippen LogP contribution in [-0.4, -0.2) is 32.9 Å². The molecule has 2 aromatic heterocycles. The van der Waals surface area contributed by atoms with Crippen LogP contribution in [0.2, 0.25) is 0 Å². The van der Waals surface area contributed by atoms with E-state index in [9.17, 15) is 18.4 Å². The van der Waals surface area contributed by atoms with Crippen molar-refractivity contribution in [2.45, 2.75) is 58.0 Å². The third-order valence-corrected chi connectivity index (χ3v) is 6.78. The van der Waals surface area contributed by atoms with Gasteiger partial charge in [-0.15, -0.1) is 0 Å². The largest absolute Gasteiger partial charge is 0.338 e. The summed E-state index contributed by atoms with van der Waals surface area (Å²) in [6.07, 6.45) is -0.887. The maximum atomic E-state index is 13.4. The number of anilines is 1. The van der Waals surface area contributed by atoms with Crippen molar-refractivity contribution in [2.24, 2.45) is 0 Å². The molecule has 0 aliphatic carbocycles. The van der Waals surface area contributed by atoms with Gasteiger partial charge in [-0.1, -0.05) is 48.6 Å². The molecular weight excluding hydrogens is 422 g/mol. The van der Waals surface area contributed by atoms with Crippen LogP contribution in [0.15, 0.2) is 35.1 Å². The van der Waals surface area contributed by atoms with Gasteiger partial charge in [0, 0.05) is 19.5 Å². The second-order valence-electron chi connectivity index (χ2n) is 7.80. The molecule has 3 aromatic rings. The molecule has 31 heavy (non-hydrogen) atoms. The average Bonchev–Trinajstić information content (AvgIpc) is 3.41. The molecule has 1 fully saturated rings. The zero-order valence-corrected chi connectivity index (χ0v) is 18.2. The number of rotatable bonds is 7. The van der Waals surface area contributed by atoms with Crippen molar-refractivity contribution >= 4 is 32.6 Å². The standard InChI is InChI=1S/C22H24F2N4O2S/c1-3-27-19(18(23)24)26-20-17(21(27)30)25-22(31-20)28-11-7-10-15(28)16(29)12-13(2)14-8-5-4-6-9-14/h4-6,8-9,13,15,18H,3,7,10-12H2,1-2H3/t13-,15+/m0/s1. The van der Waals surface area contributed by atoms with Crippen LogP contribution in [-0.2, 0) is 11.3 Å². The molecule has 2 atom stereocenters. The van der Waals surface area contributed by atoms with E-state index in [-0.39, 0.29) is 34.6 Å². The number of alkyl halides is 2. The number of hydrogen-bond acceptors (Lipinski definition) is 6. The first-order valence-electron chi connectivity index (χ1n) is 10.4. The van der Waals surface area contributed by atoms with Crippen molar-refractivity contribution in [1.82, 2.24) is 14.5 Å². The normalized spacial score (nSPS) is 17.6. The molecule has 0 saturated carbocycles. The SMILES string of the molecule is CCn1c(C(F)F)nc2sc(N3CCC[C@@H]3C(=O)C[C@H](C)c3ccccc3)nc2c1=O. The van der Waals surface area contributed by atoms with Gasteiger partial charge in [0.05, 0.1) is 6.04 Å². The molecular formula is C22H24F2N4O2S. The Balaban J connectivity index is 1.62. The van der Waals surface area contributed by atoms with Crippen LogP contribution >= 0.6 is 11.3 Å². The summed E-state index contributed by atoms with van der Waals surface area (Å²) in [5.41, 5.74) is 0.635. The van der Waals surface area contributed by atoms with E-state index in [2.05, 4.69) is 9.97 Å².